The number of hydrogen-bond donors (Lipinski definition) is 1. The number of halogens is 2. The van der Waals surface area contributed by atoms with E-state index in [4.69, 9.17) is 16.7 Å². The molecular formula is C10H5BrClN3O2. The van der Waals surface area contributed by atoms with Gasteiger partial charge in [0.15, 0.2) is 11.5 Å². The summed E-state index contributed by atoms with van der Waals surface area (Å²) in [4.78, 5) is 22.7. The van der Waals surface area contributed by atoms with Gasteiger partial charge in [0.05, 0.1) is 11.2 Å². The van der Waals surface area contributed by atoms with E-state index in [1.165, 1.54) is 6.20 Å². The standard InChI is InChI=1S/C10H5BrClN3O2/c11-6-1-5(2-13-3-6)9-14-4-7(12)8(15-9)10(16)17/h1-4H,(H,16,17). The molecule has 0 aromatic carbocycles. The van der Waals surface area contributed by atoms with E-state index in [1.54, 1.807) is 18.5 Å². The van der Waals surface area contributed by atoms with Gasteiger partial charge in [-0.3, -0.25) is 4.98 Å². The lowest BCUT2D eigenvalue weighted by atomic mass is 10.2. The second-order valence-electron chi connectivity index (χ2n) is 3.09. The zero-order valence-corrected chi connectivity index (χ0v) is 10.6. The summed E-state index contributed by atoms with van der Waals surface area (Å²) in [6, 6.07) is 1.74. The molecule has 2 rings (SSSR count). The van der Waals surface area contributed by atoms with Gasteiger partial charge in [0.25, 0.3) is 0 Å². The molecule has 2 aromatic heterocycles. The lowest BCUT2D eigenvalue weighted by Crippen LogP contribution is -2.04. The average molecular weight is 315 g/mol. The molecule has 86 valence electrons. The molecule has 0 bridgehead atoms. The van der Waals surface area contributed by atoms with E-state index in [2.05, 4.69) is 30.9 Å². The summed E-state index contributed by atoms with van der Waals surface area (Å²) in [6.07, 6.45) is 4.41. The molecule has 0 saturated carbocycles. The molecule has 0 unspecified atom stereocenters. The maximum Gasteiger partial charge on any atom is 0.356 e. The van der Waals surface area contributed by atoms with E-state index in [0.717, 1.165) is 4.47 Å². The monoisotopic (exact) mass is 313 g/mol. The topological polar surface area (TPSA) is 76.0 Å². The van der Waals surface area contributed by atoms with Gasteiger partial charge >= 0.3 is 5.97 Å². The molecule has 2 heterocycles. The fraction of sp³-hybridized carbons (Fsp3) is 0. The number of carbonyl (C=O) groups is 1. The zero-order chi connectivity index (χ0) is 12.4. The van der Waals surface area contributed by atoms with Crippen LogP contribution in [0.5, 0.6) is 0 Å². The molecule has 0 radical (unpaired) electrons. The molecule has 0 aliphatic heterocycles. The largest absolute Gasteiger partial charge is 0.476 e. The van der Waals surface area contributed by atoms with Crippen LogP contribution in [0.15, 0.2) is 29.1 Å². The van der Waals surface area contributed by atoms with Gasteiger partial charge in [0, 0.05) is 22.4 Å². The Kier molecular flexibility index (Phi) is 3.35. The zero-order valence-electron chi connectivity index (χ0n) is 8.26. The Morgan fingerprint density at radius 3 is 2.76 bits per heavy atom. The summed E-state index contributed by atoms with van der Waals surface area (Å²) in [5, 5.41) is 8.90. The normalized spacial score (nSPS) is 10.2. The van der Waals surface area contributed by atoms with Crippen LogP contribution in [0, 0.1) is 0 Å². The SMILES string of the molecule is O=C(O)c1nc(-c2cncc(Br)c2)ncc1Cl. The van der Waals surface area contributed by atoms with E-state index < -0.39 is 5.97 Å². The molecule has 0 spiro atoms. The van der Waals surface area contributed by atoms with Crippen molar-refractivity contribution in [3.63, 3.8) is 0 Å². The Morgan fingerprint density at radius 1 is 1.35 bits per heavy atom. The van der Waals surface area contributed by atoms with Gasteiger partial charge in [-0.15, -0.1) is 0 Å². The summed E-state index contributed by atoms with van der Waals surface area (Å²) in [7, 11) is 0. The third kappa shape index (κ3) is 2.59. The second-order valence-corrected chi connectivity index (χ2v) is 4.41. The third-order valence-electron chi connectivity index (χ3n) is 1.91. The molecule has 7 heteroatoms. The molecule has 5 nitrogen and oxygen atoms in total. The highest BCUT2D eigenvalue weighted by Gasteiger charge is 2.13. The summed E-state index contributed by atoms with van der Waals surface area (Å²) >= 11 is 8.94. The number of aromatic nitrogens is 3. The highest BCUT2D eigenvalue weighted by Crippen LogP contribution is 2.21. The van der Waals surface area contributed by atoms with E-state index in [9.17, 15) is 4.79 Å². The first-order valence-electron chi connectivity index (χ1n) is 4.44. The van der Waals surface area contributed by atoms with E-state index >= 15 is 0 Å². The third-order valence-corrected chi connectivity index (χ3v) is 2.62. The molecule has 2 aromatic rings. The summed E-state index contributed by atoms with van der Waals surface area (Å²) in [5.41, 5.74) is 0.384. The first kappa shape index (κ1) is 11.9. The lowest BCUT2D eigenvalue weighted by Gasteiger charge is -2.02. The van der Waals surface area contributed by atoms with Gasteiger partial charge in [0.1, 0.15) is 0 Å². The fourth-order valence-corrected chi connectivity index (χ4v) is 1.73. The van der Waals surface area contributed by atoms with Crippen LogP contribution in [0.3, 0.4) is 0 Å². The molecule has 17 heavy (non-hydrogen) atoms. The van der Waals surface area contributed by atoms with Crippen LogP contribution in [0.4, 0.5) is 0 Å². The maximum absolute atomic E-state index is 10.9. The van der Waals surface area contributed by atoms with Crippen LogP contribution in [0.2, 0.25) is 5.02 Å². The van der Waals surface area contributed by atoms with Gasteiger partial charge in [-0.1, -0.05) is 11.6 Å². The Morgan fingerprint density at radius 2 is 2.12 bits per heavy atom. The number of pyridine rings is 1. The van der Waals surface area contributed by atoms with Crippen LogP contribution < -0.4 is 0 Å². The predicted molar refractivity (Wildman–Crippen MR) is 64.9 cm³/mol. The van der Waals surface area contributed by atoms with Crippen molar-refractivity contribution in [1.82, 2.24) is 15.0 Å². The van der Waals surface area contributed by atoms with Crippen molar-refractivity contribution in [3.8, 4) is 11.4 Å². The Labute approximate surface area is 110 Å². The van der Waals surface area contributed by atoms with Gasteiger partial charge in [0.2, 0.25) is 0 Å². The molecule has 0 saturated heterocycles. The van der Waals surface area contributed by atoms with Gasteiger partial charge < -0.3 is 5.11 Å². The molecule has 0 aliphatic rings. The van der Waals surface area contributed by atoms with Crippen molar-refractivity contribution >= 4 is 33.5 Å². The number of aromatic carboxylic acids is 1. The van der Waals surface area contributed by atoms with Gasteiger partial charge in [-0.2, -0.15) is 0 Å². The smallest absolute Gasteiger partial charge is 0.356 e. The molecule has 0 aliphatic carbocycles. The highest BCUT2D eigenvalue weighted by atomic mass is 79.9. The van der Waals surface area contributed by atoms with Crippen LogP contribution in [-0.2, 0) is 0 Å². The van der Waals surface area contributed by atoms with Crippen LogP contribution in [0.25, 0.3) is 11.4 Å². The van der Waals surface area contributed by atoms with E-state index in [0.29, 0.717) is 5.56 Å². The van der Waals surface area contributed by atoms with Crippen molar-refractivity contribution < 1.29 is 9.90 Å². The molecule has 1 N–H and O–H groups in total. The number of hydrogen-bond acceptors (Lipinski definition) is 4. The molecular weight excluding hydrogens is 309 g/mol. The number of carboxylic acids is 1. The minimum atomic E-state index is -1.19. The summed E-state index contributed by atoms with van der Waals surface area (Å²) < 4.78 is 0.755. The second kappa shape index (κ2) is 4.77. The first-order chi connectivity index (χ1) is 8.08. The number of carboxylic acid groups (broad SMARTS) is 1. The lowest BCUT2D eigenvalue weighted by molar-refractivity contribution is 0.0690. The van der Waals surface area contributed by atoms with Crippen LogP contribution in [-0.4, -0.2) is 26.0 Å². The molecule has 0 atom stereocenters. The molecule has 0 fully saturated rings. The molecule has 0 amide bonds. The van der Waals surface area contributed by atoms with Crippen LogP contribution >= 0.6 is 27.5 Å². The fourth-order valence-electron chi connectivity index (χ4n) is 1.19. The quantitative estimate of drug-likeness (QED) is 0.922. The van der Waals surface area contributed by atoms with Crippen molar-refractivity contribution in [2.24, 2.45) is 0 Å². The predicted octanol–water partition coefficient (Wildman–Crippen LogP) is 2.65. The van der Waals surface area contributed by atoms with Crippen molar-refractivity contribution in [3.05, 3.63) is 39.8 Å². The van der Waals surface area contributed by atoms with Crippen molar-refractivity contribution in [2.45, 2.75) is 0 Å². The summed E-state index contributed by atoms with van der Waals surface area (Å²) in [6.45, 7) is 0. The van der Waals surface area contributed by atoms with E-state index in [-0.39, 0.29) is 16.5 Å². The Balaban J connectivity index is 2.54. The van der Waals surface area contributed by atoms with Gasteiger partial charge in [-0.25, -0.2) is 14.8 Å². The number of nitrogens with zero attached hydrogens (tertiary/aromatic N) is 3. The summed E-state index contributed by atoms with van der Waals surface area (Å²) in [5.74, 6) is -0.929. The maximum atomic E-state index is 10.9. The Bertz CT molecular complexity index is 592. The van der Waals surface area contributed by atoms with Crippen molar-refractivity contribution in [1.29, 1.82) is 0 Å². The van der Waals surface area contributed by atoms with Crippen molar-refractivity contribution in [2.75, 3.05) is 0 Å². The minimum absolute atomic E-state index is 0.00389. The van der Waals surface area contributed by atoms with Crippen LogP contribution in [0.1, 0.15) is 10.5 Å². The highest BCUT2D eigenvalue weighted by molar-refractivity contribution is 9.10. The van der Waals surface area contributed by atoms with E-state index in [1.807, 2.05) is 0 Å². The Hall–Kier alpha value is -1.53. The minimum Gasteiger partial charge on any atom is -0.476 e. The average Bonchev–Trinajstić information content (AvgIpc) is 2.29. The van der Waals surface area contributed by atoms with Gasteiger partial charge in [-0.05, 0) is 22.0 Å². The first-order valence-corrected chi connectivity index (χ1v) is 5.62. The number of rotatable bonds is 2.